The highest BCUT2D eigenvalue weighted by Crippen LogP contribution is 2.35. The highest BCUT2D eigenvalue weighted by atomic mass is 19.1. The predicted molar refractivity (Wildman–Crippen MR) is 122 cm³/mol. The van der Waals surface area contributed by atoms with Gasteiger partial charge in [0.15, 0.2) is 11.3 Å². The predicted octanol–water partition coefficient (Wildman–Crippen LogP) is 5.71. The Labute approximate surface area is 185 Å². The van der Waals surface area contributed by atoms with E-state index in [-0.39, 0.29) is 11.6 Å². The van der Waals surface area contributed by atoms with Crippen molar-refractivity contribution in [1.82, 2.24) is 4.90 Å². The van der Waals surface area contributed by atoms with Crippen molar-refractivity contribution in [3.63, 3.8) is 0 Å². The number of furan rings is 1. The Hall–Kier alpha value is -3.38. The van der Waals surface area contributed by atoms with Gasteiger partial charge in [0.2, 0.25) is 0 Å². The van der Waals surface area contributed by atoms with Gasteiger partial charge in [0, 0.05) is 43.7 Å². The number of nitrogens with zero attached hydrogens (tertiary/aromatic N) is 2. The summed E-state index contributed by atoms with van der Waals surface area (Å²) >= 11 is 0. The largest absolute Gasteiger partial charge is 0.493 e. The minimum absolute atomic E-state index is 0.173. The summed E-state index contributed by atoms with van der Waals surface area (Å²) in [7, 11) is 1.63. The molecule has 0 amide bonds. The van der Waals surface area contributed by atoms with E-state index in [9.17, 15) is 8.78 Å². The van der Waals surface area contributed by atoms with Gasteiger partial charge >= 0.3 is 0 Å². The molecule has 3 aromatic carbocycles. The minimum Gasteiger partial charge on any atom is -0.493 e. The van der Waals surface area contributed by atoms with E-state index in [2.05, 4.69) is 15.9 Å². The van der Waals surface area contributed by atoms with E-state index in [1.165, 1.54) is 18.2 Å². The van der Waals surface area contributed by atoms with Crippen molar-refractivity contribution in [3.05, 3.63) is 83.9 Å². The summed E-state index contributed by atoms with van der Waals surface area (Å²) in [5, 5.41) is 0.948. The highest BCUT2D eigenvalue weighted by molar-refractivity contribution is 5.88. The number of fused-ring (bicyclic) bond motifs is 1. The Bertz CT molecular complexity index is 1230. The molecular formula is C26H24F2N2O2. The topological polar surface area (TPSA) is 28.9 Å². The zero-order valence-corrected chi connectivity index (χ0v) is 17.9. The van der Waals surface area contributed by atoms with Crippen molar-refractivity contribution in [2.75, 3.05) is 38.2 Å². The van der Waals surface area contributed by atoms with Gasteiger partial charge < -0.3 is 14.1 Å². The van der Waals surface area contributed by atoms with Crippen LogP contribution in [0.5, 0.6) is 5.75 Å². The molecule has 0 spiro atoms. The summed E-state index contributed by atoms with van der Waals surface area (Å²) in [6.07, 6.45) is 0. The fraction of sp³-hybridized carbons (Fsp3) is 0.231. The van der Waals surface area contributed by atoms with E-state index in [0.717, 1.165) is 49.2 Å². The molecule has 5 rings (SSSR count). The minimum atomic E-state index is -0.278. The van der Waals surface area contributed by atoms with Crippen molar-refractivity contribution in [2.24, 2.45) is 0 Å². The number of para-hydroxylation sites is 1. The molecule has 1 aliphatic heterocycles. The van der Waals surface area contributed by atoms with Crippen LogP contribution in [0.25, 0.3) is 22.3 Å². The van der Waals surface area contributed by atoms with Crippen LogP contribution in [-0.4, -0.2) is 38.2 Å². The van der Waals surface area contributed by atoms with Crippen molar-refractivity contribution < 1.29 is 17.9 Å². The van der Waals surface area contributed by atoms with Crippen LogP contribution >= 0.6 is 0 Å². The fourth-order valence-corrected chi connectivity index (χ4v) is 4.29. The molecule has 0 bridgehead atoms. The number of hydrogen-bond acceptors (Lipinski definition) is 4. The monoisotopic (exact) mass is 434 g/mol. The zero-order valence-electron chi connectivity index (χ0n) is 17.9. The Balaban J connectivity index is 1.33. The molecule has 1 saturated heterocycles. The van der Waals surface area contributed by atoms with Gasteiger partial charge in [0.25, 0.3) is 0 Å². The van der Waals surface area contributed by atoms with Crippen LogP contribution in [0.1, 0.15) is 5.56 Å². The van der Waals surface area contributed by atoms with Gasteiger partial charge in [-0.05, 0) is 60.2 Å². The van der Waals surface area contributed by atoms with Gasteiger partial charge in [-0.25, -0.2) is 8.78 Å². The van der Waals surface area contributed by atoms with Crippen molar-refractivity contribution in [1.29, 1.82) is 0 Å². The molecule has 0 radical (unpaired) electrons. The summed E-state index contributed by atoms with van der Waals surface area (Å²) < 4.78 is 39.0. The van der Waals surface area contributed by atoms with Crippen LogP contribution in [0.4, 0.5) is 14.5 Å². The molecule has 1 fully saturated rings. The average Bonchev–Trinajstić information content (AvgIpc) is 3.24. The Morgan fingerprint density at radius 3 is 2.38 bits per heavy atom. The second-order valence-electron chi connectivity index (χ2n) is 8.05. The SMILES string of the molecule is COc1cc(CN2CCN(c3ccccc3F)CC2)cc2cc(-c3ccc(F)cc3)oc12. The lowest BCUT2D eigenvalue weighted by atomic mass is 10.1. The Morgan fingerprint density at radius 1 is 0.906 bits per heavy atom. The maximum atomic E-state index is 14.1. The van der Waals surface area contributed by atoms with E-state index in [0.29, 0.717) is 22.8 Å². The maximum Gasteiger partial charge on any atom is 0.176 e. The zero-order chi connectivity index (χ0) is 22.1. The van der Waals surface area contributed by atoms with E-state index in [4.69, 9.17) is 9.15 Å². The van der Waals surface area contributed by atoms with E-state index in [1.54, 1.807) is 25.3 Å². The van der Waals surface area contributed by atoms with Crippen LogP contribution in [0.3, 0.4) is 0 Å². The number of piperazine rings is 1. The van der Waals surface area contributed by atoms with E-state index < -0.39 is 0 Å². The molecule has 0 unspecified atom stereocenters. The molecule has 4 aromatic rings. The lowest BCUT2D eigenvalue weighted by molar-refractivity contribution is 0.249. The van der Waals surface area contributed by atoms with Crippen LogP contribution in [0, 0.1) is 11.6 Å². The van der Waals surface area contributed by atoms with Crippen LogP contribution in [0.2, 0.25) is 0 Å². The summed E-state index contributed by atoms with van der Waals surface area (Å²) in [6, 6.07) is 19.3. The quantitative estimate of drug-likeness (QED) is 0.402. The number of rotatable bonds is 5. The molecule has 0 saturated carbocycles. The van der Waals surface area contributed by atoms with Gasteiger partial charge in [-0.3, -0.25) is 4.90 Å². The molecule has 4 nitrogen and oxygen atoms in total. The highest BCUT2D eigenvalue weighted by Gasteiger charge is 2.20. The Kier molecular flexibility index (Phi) is 5.53. The lowest BCUT2D eigenvalue weighted by Crippen LogP contribution is -2.46. The maximum absolute atomic E-state index is 14.1. The number of anilines is 1. The van der Waals surface area contributed by atoms with E-state index >= 15 is 0 Å². The van der Waals surface area contributed by atoms with Gasteiger partial charge in [0.05, 0.1) is 12.8 Å². The molecule has 164 valence electrons. The number of benzene rings is 3. The summed E-state index contributed by atoms with van der Waals surface area (Å²) in [5.74, 6) is 0.901. The molecule has 32 heavy (non-hydrogen) atoms. The van der Waals surface area contributed by atoms with Gasteiger partial charge in [0.1, 0.15) is 17.4 Å². The first-order valence-electron chi connectivity index (χ1n) is 10.7. The first-order valence-corrected chi connectivity index (χ1v) is 10.7. The van der Waals surface area contributed by atoms with Gasteiger partial charge in [-0.2, -0.15) is 0 Å². The molecule has 0 N–H and O–H groups in total. The number of halogens is 2. The smallest absolute Gasteiger partial charge is 0.176 e. The molecular weight excluding hydrogens is 410 g/mol. The number of ether oxygens (including phenoxy) is 1. The van der Waals surface area contributed by atoms with Crippen LogP contribution in [0.15, 0.2) is 71.1 Å². The lowest BCUT2D eigenvalue weighted by Gasteiger charge is -2.36. The number of methoxy groups -OCH3 is 1. The van der Waals surface area contributed by atoms with E-state index in [1.807, 2.05) is 24.3 Å². The summed E-state index contributed by atoms with van der Waals surface area (Å²) in [4.78, 5) is 4.46. The molecule has 1 aromatic heterocycles. The second kappa shape index (κ2) is 8.63. The first kappa shape index (κ1) is 20.5. The third-order valence-corrected chi connectivity index (χ3v) is 5.96. The third-order valence-electron chi connectivity index (χ3n) is 5.96. The van der Waals surface area contributed by atoms with Crippen molar-refractivity contribution in [2.45, 2.75) is 6.54 Å². The van der Waals surface area contributed by atoms with Crippen molar-refractivity contribution in [3.8, 4) is 17.1 Å². The average molecular weight is 434 g/mol. The van der Waals surface area contributed by atoms with Crippen molar-refractivity contribution >= 4 is 16.7 Å². The first-order chi connectivity index (χ1) is 15.6. The second-order valence-corrected chi connectivity index (χ2v) is 8.05. The molecule has 6 heteroatoms. The molecule has 0 atom stereocenters. The van der Waals surface area contributed by atoms with Gasteiger partial charge in [-0.15, -0.1) is 0 Å². The molecule has 0 aliphatic carbocycles. The molecule has 2 heterocycles. The Morgan fingerprint density at radius 2 is 1.66 bits per heavy atom. The third kappa shape index (κ3) is 4.06. The summed E-state index contributed by atoms with van der Waals surface area (Å²) in [6.45, 7) is 4.03. The number of hydrogen-bond donors (Lipinski definition) is 0. The standard InChI is InChI=1S/C26H24F2N2O2/c1-31-25-15-18(14-20-16-24(32-26(20)25)19-6-8-21(27)9-7-19)17-29-10-12-30(13-11-29)23-5-3-2-4-22(23)28/h2-9,14-16H,10-13,17H2,1H3. The van der Waals surface area contributed by atoms with Gasteiger partial charge in [-0.1, -0.05) is 12.1 Å². The summed E-state index contributed by atoms with van der Waals surface area (Å²) in [5.41, 5.74) is 3.29. The fourth-order valence-electron chi connectivity index (χ4n) is 4.29. The normalized spacial score (nSPS) is 14.8. The molecule has 1 aliphatic rings. The van der Waals surface area contributed by atoms with Crippen LogP contribution in [-0.2, 0) is 6.54 Å². The van der Waals surface area contributed by atoms with Crippen LogP contribution < -0.4 is 9.64 Å².